The van der Waals surface area contributed by atoms with Crippen LogP contribution in [0.3, 0.4) is 0 Å². The van der Waals surface area contributed by atoms with Crippen molar-refractivity contribution in [2.75, 3.05) is 0 Å². The third kappa shape index (κ3) is 3.73. The maximum absolute atomic E-state index is 10.0. The number of ketones is 1. The van der Waals surface area contributed by atoms with Gasteiger partial charge in [0.15, 0.2) is 5.78 Å². The fourth-order valence-corrected chi connectivity index (χ4v) is 8.09. The molecule has 1 aromatic heterocycles. The van der Waals surface area contributed by atoms with Crippen molar-refractivity contribution in [3.05, 3.63) is 77.7 Å². The van der Waals surface area contributed by atoms with Gasteiger partial charge >= 0.3 is 0 Å². The van der Waals surface area contributed by atoms with E-state index in [2.05, 4.69) is 75.5 Å². The van der Waals surface area contributed by atoms with E-state index in [9.17, 15) is 4.79 Å². The number of hydrogen-bond acceptors (Lipinski definition) is 3. The first-order valence-electron chi connectivity index (χ1n) is 10.6. The van der Waals surface area contributed by atoms with E-state index in [0.717, 1.165) is 5.69 Å². The van der Waals surface area contributed by atoms with Gasteiger partial charge in [0.25, 0.3) is 0 Å². The first-order valence-corrected chi connectivity index (χ1v) is 13.6. The summed E-state index contributed by atoms with van der Waals surface area (Å²) in [6.45, 7) is 12.5. The van der Waals surface area contributed by atoms with E-state index in [1.807, 2.05) is 6.20 Å². The largest absolute Gasteiger partial charge is 0.512 e. The van der Waals surface area contributed by atoms with Crippen molar-refractivity contribution < 1.29 is 30.0 Å². The molecule has 2 aliphatic rings. The number of carbonyl (C=O) groups is 1. The van der Waals surface area contributed by atoms with Crippen molar-refractivity contribution in [1.29, 1.82) is 0 Å². The molecule has 32 heavy (non-hydrogen) atoms. The summed E-state index contributed by atoms with van der Waals surface area (Å²) < 4.78 is 0. The Labute approximate surface area is 205 Å². The summed E-state index contributed by atoms with van der Waals surface area (Å²) in [7, 11) is -1.66. The van der Waals surface area contributed by atoms with Crippen molar-refractivity contribution in [2.45, 2.75) is 46.2 Å². The Morgan fingerprint density at radius 2 is 1.69 bits per heavy atom. The Morgan fingerprint density at radius 1 is 1.03 bits per heavy atom. The number of allylic oxidation sites excluding steroid dienone is 2. The molecule has 0 unspecified atom stereocenters. The molecule has 5 heteroatoms. The molecule has 0 bridgehead atoms. The Morgan fingerprint density at radius 3 is 2.31 bits per heavy atom. The van der Waals surface area contributed by atoms with Crippen LogP contribution < -0.4 is 10.4 Å². The molecule has 1 radical (unpaired) electrons. The summed E-state index contributed by atoms with van der Waals surface area (Å²) in [5.41, 5.74) is 7.86. The number of fused-ring (bicyclic) bond motifs is 2. The van der Waals surface area contributed by atoms with E-state index < -0.39 is 8.07 Å². The number of pyridine rings is 1. The maximum atomic E-state index is 10.0. The minimum atomic E-state index is -1.66. The predicted molar refractivity (Wildman–Crippen MR) is 130 cm³/mol. The standard InChI is InChI=1S/C22H20NSi.C5H8O2.Ir/c1-22(2)15-9-6-12-18-20(15)19-14(21-16(22)10-7-13-23-21)8-5-11-17(19)24(18,3)4;1-4(6)3-5(2)7;/h5-7,9-13H,1-4H3;3,6H,1-2H3;/q-1;;/b;4-3-;. The molecule has 0 saturated carbocycles. The fourth-order valence-electron chi connectivity index (χ4n) is 5.02. The second-order valence-corrected chi connectivity index (χ2v) is 13.7. The molecule has 1 aliphatic carbocycles. The fraction of sp³-hybridized carbons (Fsp3) is 0.259. The van der Waals surface area contributed by atoms with Gasteiger partial charge in [0, 0.05) is 37.8 Å². The van der Waals surface area contributed by atoms with Crippen LogP contribution in [0.4, 0.5) is 0 Å². The van der Waals surface area contributed by atoms with Gasteiger partial charge < -0.3 is 10.1 Å². The summed E-state index contributed by atoms with van der Waals surface area (Å²) in [5, 5.41) is 11.5. The van der Waals surface area contributed by atoms with Crippen LogP contribution in [-0.2, 0) is 30.3 Å². The van der Waals surface area contributed by atoms with Crippen LogP contribution in [0.5, 0.6) is 0 Å². The van der Waals surface area contributed by atoms with Gasteiger partial charge in [-0.3, -0.25) is 4.79 Å². The number of aliphatic hydroxyl groups is 1. The van der Waals surface area contributed by atoms with E-state index >= 15 is 0 Å². The molecular weight excluding hydrogens is 591 g/mol. The number of nitrogens with zero attached hydrogens (tertiary/aromatic N) is 1. The second-order valence-electron chi connectivity index (χ2n) is 9.42. The summed E-state index contributed by atoms with van der Waals surface area (Å²) in [6, 6.07) is 19.2. The first kappa shape index (κ1) is 24.3. The van der Waals surface area contributed by atoms with Crippen molar-refractivity contribution in [3.63, 3.8) is 0 Å². The van der Waals surface area contributed by atoms with Crippen LogP contribution in [0.25, 0.3) is 22.4 Å². The van der Waals surface area contributed by atoms with Gasteiger partial charge in [0.05, 0.1) is 13.8 Å². The van der Waals surface area contributed by atoms with Gasteiger partial charge in [0.2, 0.25) is 0 Å². The number of hydrogen-bond donors (Lipinski definition) is 1. The molecule has 3 nitrogen and oxygen atoms in total. The molecule has 0 spiro atoms. The first-order chi connectivity index (χ1) is 14.6. The molecule has 0 atom stereocenters. The Hall–Kier alpha value is -2.33. The minimum Gasteiger partial charge on any atom is -0.512 e. The van der Waals surface area contributed by atoms with Gasteiger partial charge in [-0.1, -0.05) is 73.1 Å². The van der Waals surface area contributed by atoms with Gasteiger partial charge in [-0.25, -0.2) is 0 Å². The van der Waals surface area contributed by atoms with E-state index in [-0.39, 0.29) is 37.1 Å². The van der Waals surface area contributed by atoms with Crippen LogP contribution in [0, 0.1) is 6.07 Å². The topological polar surface area (TPSA) is 50.2 Å². The van der Waals surface area contributed by atoms with E-state index in [4.69, 9.17) is 10.1 Å². The van der Waals surface area contributed by atoms with Gasteiger partial charge in [-0.15, -0.1) is 28.9 Å². The molecule has 3 aromatic rings. The Bertz CT molecular complexity index is 1240. The molecular formula is C27H28IrNO2Si-. The average molecular weight is 619 g/mol. The summed E-state index contributed by atoms with van der Waals surface area (Å²) in [4.78, 5) is 14.8. The molecule has 167 valence electrons. The van der Waals surface area contributed by atoms with Crippen molar-refractivity contribution in [3.8, 4) is 22.4 Å². The normalized spacial score (nSPS) is 15.9. The third-order valence-electron chi connectivity index (χ3n) is 6.46. The number of carbonyl (C=O) groups excluding carboxylic acids is 1. The zero-order valence-corrected chi connectivity index (χ0v) is 22.7. The third-order valence-corrected chi connectivity index (χ3v) is 9.99. The summed E-state index contributed by atoms with van der Waals surface area (Å²) in [6.07, 6.45) is 3.08. The molecule has 0 amide bonds. The molecule has 0 fully saturated rings. The molecule has 2 heterocycles. The van der Waals surface area contributed by atoms with Gasteiger partial charge in [0.1, 0.15) is 0 Å². The van der Waals surface area contributed by atoms with E-state index in [1.165, 1.54) is 52.9 Å². The summed E-state index contributed by atoms with van der Waals surface area (Å²) >= 11 is 0. The van der Waals surface area contributed by atoms with Crippen LogP contribution in [-0.4, -0.2) is 23.9 Å². The van der Waals surface area contributed by atoms with Crippen molar-refractivity contribution in [2.24, 2.45) is 0 Å². The molecule has 0 saturated heterocycles. The number of rotatable bonds is 1. The monoisotopic (exact) mass is 619 g/mol. The van der Waals surface area contributed by atoms with Crippen molar-refractivity contribution >= 4 is 24.2 Å². The molecule has 2 aromatic carbocycles. The Kier molecular flexibility index (Phi) is 6.49. The Balaban J connectivity index is 0.000000318. The van der Waals surface area contributed by atoms with Gasteiger partial charge in [-0.2, -0.15) is 0 Å². The van der Waals surface area contributed by atoms with E-state index in [1.54, 1.807) is 5.19 Å². The van der Waals surface area contributed by atoms with Crippen LogP contribution in [0.15, 0.2) is 60.5 Å². The number of aliphatic hydroxyl groups excluding tert-OH is 1. The molecule has 1 N–H and O–H groups in total. The number of benzene rings is 2. The molecule has 5 rings (SSSR count). The average Bonchev–Trinajstić information content (AvgIpc) is 2.90. The van der Waals surface area contributed by atoms with Gasteiger partial charge in [-0.05, 0) is 31.2 Å². The second kappa shape index (κ2) is 8.55. The zero-order chi connectivity index (χ0) is 22.6. The van der Waals surface area contributed by atoms with E-state index in [0.29, 0.717) is 0 Å². The smallest absolute Gasteiger partial charge is 0.155 e. The minimum absolute atomic E-state index is 0. The zero-order valence-electron chi connectivity index (χ0n) is 19.3. The van der Waals surface area contributed by atoms with Crippen LogP contribution in [0.2, 0.25) is 13.1 Å². The number of aromatic nitrogens is 1. The van der Waals surface area contributed by atoms with Crippen LogP contribution >= 0.6 is 0 Å². The SMILES string of the molecule is CC(=O)/C=C(/C)O.CC1(C)c2cccnc2-c2[c-]ccc3c2-c2c1cccc2[Si]3(C)C.[Ir]. The quantitative estimate of drug-likeness (QED) is 0.180. The predicted octanol–water partition coefficient (Wildman–Crippen LogP) is 5.03. The van der Waals surface area contributed by atoms with Crippen LogP contribution in [0.1, 0.15) is 38.8 Å². The summed E-state index contributed by atoms with van der Waals surface area (Å²) in [5.74, 6) is -0.0625. The molecule has 1 aliphatic heterocycles. The van der Waals surface area contributed by atoms with Crippen molar-refractivity contribution in [1.82, 2.24) is 4.98 Å². The maximum Gasteiger partial charge on any atom is 0.155 e.